The molecule has 2 atom stereocenters. The lowest BCUT2D eigenvalue weighted by atomic mass is 10.3. The van der Waals surface area contributed by atoms with Crippen LogP contribution in [-0.2, 0) is 14.8 Å². The summed E-state index contributed by atoms with van der Waals surface area (Å²) in [6.45, 7) is 3.77. The van der Waals surface area contributed by atoms with E-state index in [0.717, 1.165) is 0 Å². The van der Waals surface area contributed by atoms with Crippen molar-refractivity contribution < 1.29 is 14.8 Å². The van der Waals surface area contributed by atoms with Gasteiger partial charge in [-0.05, 0) is 13.8 Å². The standard InChI is InChI=1S/C4H8O3/c1-3-4(2)6-7-5-3/h3-4H,1-2H3/t3-,4-/m0/s1. The maximum atomic E-state index is 4.54. The van der Waals surface area contributed by atoms with Gasteiger partial charge in [0.05, 0.1) is 0 Å². The fraction of sp³-hybridized carbons (Fsp3) is 1.00. The van der Waals surface area contributed by atoms with Crippen LogP contribution in [-0.4, -0.2) is 12.2 Å². The molecule has 0 aromatic heterocycles. The van der Waals surface area contributed by atoms with Crippen molar-refractivity contribution in [2.75, 3.05) is 0 Å². The number of rotatable bonds is 0. The van der Waals surface area contributed by atoms with E-state index < -0.39 is 0 Å². The van der Waals surface area contributed by atoms with Crippen LogP contribution in [0.5, 0.6) is 0 Å². The smallest absolute Gasteiger partial charge is 0.122 e. The van der Waals surface area contributed by atoms with Crippen molar-refractivity contribution in [2.45, 2.75) is 26.1 Å². The minimum absolute atomic E-state index is 0.0694. The Morgan fingerprint density at radius 1 is 1.00 bits per heavy atom. The molecule has 1 fully saturated rings. The van der Waals surface area contributed by atoms with Gasteiger partial charge < -0.3 is 0 Å². The van der Waals surface area contributed by atoms with Crippen molar-refractivity contribution in [3.63, 3.8) is 0 Å². The van der Waals surface area contributed by atoms with E-state index in [1.165, 1.54) is 0 Å². The second-order valence-corrected chi connectivity index (χ2v) is 1.67. The van der Waals surface area contributed by atoms with Gasteiger partial charge in [-0.15, -0.1) is 0 Å². The Labute approximate surface area is 42.0 Å². The van der Waals surface area contributed by atoms with Gasteiger partial charge in [-0.3, -0.25) is 0 Å². The van der Waals surface area contributed by atoms with Gasteiger partial charge in [0.15, 0.2) is 0 Å². The third kappa shape index (κ3) is 0.907. The van der Waals surface area contributed by atoms with Crippen LogP contribution in [0.4, 0.5) is 0 Å². The number of hydrogen-bond acceptors (Lipinski definition) is 3. The van der Waals surface area contributed by atoms with E-state index in [2.05, 4.69) is 14.8 Å². The quantitative estimate of drug-likeness (QED) is 0.422. The Hall–Kier alpha value is -0.120. The van der Waals surface area contributed by atoms with Crippen LogP contribution < -0.4 is 0 Å². The largest absolute Gasteiger partial charge is 0.200 e. The van der Waals surface area contributed by atoms with Crippen LogP contribution in [0, 0.1) is 0 Å². The summed E-state index contributed by atoms with van der Waals surface area (Å²) < 4.78 is 0. The van der Waals surface area contributed by atoms with Gasteiger partial charge in [0.2, 0.25) is 0 Å². The molecule has 1 heterocycles. The van der Waals surface area contributed by atoms with Crippen LogP contribution in [0.1, 0.15) is 13.8 Å². The zero-order valence-corrected chi connectivity index (χ0v) is 4.38. The second-order valence-electron chi connectivity index (χ2n) is 1.67. The summed E-state index contributed by atoms with van der Waals surface area (Å²) in [5.74, 6) is 0. The molecule has 1 rings (SSSR count). The Balaban J connectivity index is 2.33. The third-order valence-electron chi connectivity index (χ3n) is 1.04. The fourth-order valence-electron chi connectivity index (χ4n) is 0.303. The van der Waals surface area contributed by atoms with Gasteiger partial charge >= 0.3 is 0 Å². The summed E-state index contributed by atoms with van der Waals surface area (Å²) in [5.41, 5.74) is 0. The fourth-order valence-corrected chi connectivity index (χ4v) is 0.303. The molecular formula is C4H8O3. The lowest BCUT2D eigenvalue weighted by Gasteiger charge is -1.96. The first kappa shape index (κ1) is 5.03. The van der Waals surface area contributed by atoms with Crippen LogP contribution in [0.3, 0.4) is 0 Å². The monoisotopic (exact) mass is 104 g/mol. The molecule has 0 N–H and O–H groups in total. The summed E-state index contributed by atoms with van der Waals surface area (Å²) >= 11 is 0. The molecule has 0 aromatic carbocycles. The summed E-state index contributed by atoms with van der Waals surface area (Å²) in [7, 11) is 0. The van der Waals surface area contributed by atoms with Crippen LogP contribution in [0.15, 0.2) is 0 Å². The van der Waals surface area contributed by atoms with E-state index in [0.29, 0.717) is 0 Å². The summed E-state index contributed by atoms with van der Waals surface area (Å²) in [6, 6.07) is 0. The van der Waals surface area contributed by atoms with Gasteiger partial charge in [-0.25, -0.2) is 9.78 Å². The lowest BCUT2D eigenvalue weighted by molar-refractivity contribution is -0.464. The highest BCUT2D eigenvalue weighted by atomic mass is 17.5. The molecule has 7 heavy (non-hydrogen) atoms. The van der Waals surface area contributed by atoms with Crippen molar-refractivity contribution >= 4 is 0 Å². The van der Waals surface area contributed by atoms with E-state index in [9.17, 15) is 0 Å². The highest BCUT2D eigenvalue weighted by Crippen LogP contribution is 2.11. The Kier molecular flexibility index (Phi) is 1.27. The minimum Gasteiger partial charge on any atom is -0.200 e. The van der Waals surface area contributed by atoms with Crippen LogP contribution >= 0.6 is 0 Å². The second kappa shape index (κ2) is 1.78. The first-order valence-electron chi connectivity index (χ1n) is 2.29. The molecule has 3 nitrogen and oxygen atoms in total. The molecule has 0 aliphatic carbocycles. The Bertz CT molecular complexity index is 56.0. The maximum absolute atomic E-state index is 4.54. The average Bonchev–Trinajstić information content (AvgIpc) is 1.91. The van der Waals surface area contributed by atoms with Crippen molar-refractivity contribution in [3.8, 4) is 0 Å². The van der Waals surface area contributed by atoms with Crippen molar-refractivity contribution in [1.82, 2.24) is 0 Å². The predicted molar refractivity (Wildman–Crippen MR) is 22.2 cm³/mol. The maximum Gasteiger partial charge on any atom is 0.122 e. The summed E-state index contributed by atoms with van der Waals surface area (Å²) in [6.07, 6.45) is 0.139. The van der Waals surface area contributed by atoms with E-state index in [-0.39, 0.29) is 12.2 Å². The SMILES string of the molecule is C[C@@H]1OOO[C@H]1C. The van der Waals surface area contributed by atoms with E-state index in [1.54, 1.807) is 0 Å². The van der Waals surface area contributed by atoms with Gasteiger partial charge in [0, 0.05) is 0 Å². The normalized spacial score (nSPS) is 42.0. The van der Waals surface area contributed by atoms with Crippen molar-refractivity contribution in [1.29, 1.82) is 0 Å². The summed E-state index contributed by atoms with van der Waals surface area (Å²) in [5, 5.41) is 4.17. The molecule has 0 radical (unpaired) electrons. The average molecular weight is 104 g/mol. The van der Waals surface area contributed by atoms with Gasteiger partial charge in [-0.1, -0.05) is 5.04 Å². The van der Waals surface area contributed by atoms with E-state index in [1.807, 2.05) is 13.8 Å². The Morgan fingerprint density at radius 2 is 1.43 bits per heavy atom. The summed E-state index contributed by atoms with van der Waals surface area (Å²) in [4.78, 5) is 9.09. The zero-order valence-electron chi connectivity index (χ0n) is 4.38. The lowest BCUT2D eigenvalue weighted by Crippen LogP contribution is -2.13. The van der Waals surface area contributed by atoms with Crippen LogP contribution in [0.2, 0.25) is 0 Å². The topological polar surface area (TPSA) is 27.7 Å². The van der Waals surface area contributed by atoms with Crippen molar-refractivity contribution in [2.24, 2.45) is 0 Å². The molecule has 42 valence electrons. The predicted octanol–water partition coefficient (Wildman–Crippen LogP) is 0.657. The van der Waals surface area contributed by atoms with Crippen molar-refractivity contribution in [3.05, 3.63) is 0 Å². The number of hydrogen-bond donors (Lipinski definition) is 0. The molecule has 0 spiro atoms. The van der Waals surface area contributed by atoms with Gasteiger partial charge in [0.1, 0.15) is 12.2 Å². The van der Waals surface area contributed by atoms with Crippen LogP contribution in [0.25, 0.3) is 0 Å². The third-order valence-corrected chi connectivity index (χ3v) is 1.04. The van der Waals surface area contributed by atoms with Gasteiger partial charge in [-0.2, -0.15) is 0 Å². The molecule has 0 unspecified atom stereocenters. The molecule has 1 aliphatic rings. The molecule has 1 aliphatic heterocycles. The molecular weight excluding hydrogens is 96.0 g/mol. The van der Waals surface area contributed by atoms with E-state index in [4.69, 9.17) is 0 Å². The molecule has 3 heteroatoms. The molecule has 1 saturated heterocycles. The first-order chi connectivity index (χ1) is 3.30. The van der Waals surface area contributed by atoms with E-state index >= 15 is 0 Å². The molecule has 0 amide bonds. The molecule has 0 bridgehead atoms. The molecule has 0 saturated carbocycles. The van der Waals surface area contributed by atoms with Gasteiger partial charge in [0.25, 0.3) is 0 Å². The zero-order chi connectivity index (χ0) is 5.28. The minimum atomic E-state index is 0.0694. The molecule has 0 aromatic rings. The highest BCUT2D eigenvalue weighted by Gasteiger charge is 2.22. The highest BCUT2D eigenvalue weighted by molar-refractivity contribution is 4.56. The first-order valence-corrected chi connectivity index (χ1v) is 2.29. The Morgan fingerprint density at radius 3 is 1.57 bits per heavy atom.